The van der Waals surface area contributed by atoms with Crippen LogP contribution in [0.4, 0.5) is 4.79 Å². The summed E-state index contributed by atoms with van der Waals surface area (Å²) in [5.41, 5.74) is 5.72. The fraction of sp³-hybridized carbons (Fsp3) is 0.700. The number of likely N-dealkylation sites (tertiary alicyclic amines) is 1. The first kappa shape index (κ1) is 14.2. The molecule has 102 valence electrons. The van der Waals surface area contributed by atoms with Crippen molar-refractivity contribution in [2.75, 3.05) is 26.2 Å². The number of nitrogens with two attached hydrogens (primary N) is 1. The average Bonchev–Trinajstić information content (AvgIpc) is 2.26. The molecule has 0 aromatic carbocycles. The molecule has 1 unspecified atom stereocenters. The van der Waals surface area contributed by atoms with Crippen LogP contribution in [0.15, 0.2) is 0 Å². The second-order valence-corrected chi connectivity index (χ2v) is 4.27. The molecule has 8 heteroatoms. The van der Waals surface area contributed by atoms with Crippen LogP contribution in [-0.4, -0.2) is 70.2 Å². The number of carboxylic acids is 2. The maximum absolute atomic E-state index is 12.0. The zero-order chi connectivity index (χ0) is 13.7. The first-order chi connectivity index (χ1) is 8.40. The van der Waals surface area contributed by atoms with E-state index in [-0.39, 0.29) is 6.04 Å². The zero-order valence-corrected chi connectivity index (χ0v) is 9.91. The van der Waals surface area contributed by atoms with Gasteiger partial charge in [0, 0.05) is 19.1 Å². The van der Waals surface area contributed by atoms with Crippen LogP contribution in [0.2, 0.25) is 0 Å². The highest BCUT2D eigenvalue weighted by atomic mass is 16.4. The van der Waals surface area contributed by atoms with Crippen molar-refractivity contribution in [3.63, 3.8) is 0 Å². The number of carboxylic acid groups (broad SMARTS) is 2. The van der Waals surface area contributed by atoms with Crippen molar-refractivity contribution >= 4 is 18.0 Å². The third-order valence-electron chi connectivity index (χ3n) is 2.65. The van der Waals surface area contributed by atoms with Crippen molar-refractivity contribution in [3.05, 3.63) is 0 Å². The summed E-state index contributed by atoms with van der Waals surface area (Å²) in [5.74, 6) is -2.49. The number of rotatable bonds is 4. The van der Waals surface area contributed by atoms with Gasteiger partial charge in [-0.05, 0) is 12.8 Å². The molecule has 8 nitrogen and oxygen atoms in total. The fourth-order valence-electron chi connectivity index (χ4n) is 1.90. The monoisotopic (exact) mass is 259 g/mol. The van der Waals surface area contributed by atoms with Crippen molar-refractivity contribution in [3.8, 4) is 0 Å². The highest BCUT2D eigenvalue weighted by Gasteiger charge is 2.27. The van der Waals surface area contributed by atoms with Crippen molar-refractivity contribution in [1.82, 2.24) is 9.80 Å². The van der Waals surface area contributed by atoms with Gasteiger partial charge in [-0.25, -0.2) is 4.79 Å². The van der Waals surface area contributed by atoms with Crippen molar-refractivity contribution < 1.29 is 24.6 Å². The Morgan fingerprint density at radius 2 is 1.78 bits per heavy atom. The second kappa shape index (κ2) is 6.20. The summed E-state index contributed by atoms with van der Waals surface area (Å²) in [7, 11) is 0. The molecule has 1 aliphatic rings. The molecule has 1 atom stereocenters. The number of hydrogen-bond donors (Lipinski definition) is 3. The summed E-state index contributed by atoms with van der Waals surface area (Å²) in [6, 6.07) is -0.728. The Hall–Kier alpha value is -1.83. The molecule has 0 aromatic heterocycles. The third-order valence-corrected chi connectivity index (χ3v) is 2.65. The van der Waals surface area contributed by atoms with Crippen LogP contribution in [0.5, 0.6) is 0 Å². The number of urea groups is 1. The topological polar surface area (TPSA) is 124 Å². The molecule has 4 N–H and O–H groups in total. The predicted molar refractivity (Wildman–Crippen MR) is 61.0 cm³/mol. The standard InChI is InChI=1S/C10H17N3O5/c11-7-2-1-3-12(4-7)10(18)13(5-8(14)15)6-9(16)17/h7H,1-6,11H2,(H,14,15)(H,16,17). The Balaban J connectivity index is 2.67. The van der Waals surface area contributed by atoms with E-state index in [1.165, 1.54) is 4.90 Å². The molecule has 0 saturated carbocycles. The lowest BCUT2D eigenvalue weighted by molar-refractivity contribution is -0.140. The lowest BCUT2D eigenvalue weighted by Gasteiger charge is -2.34. The van der Waals surface area contributed by atoms with E-state index in [0.717, 1.165) is 17.7 Å². The van der Waals surface area contributed by atoms with Gasteiger partial charge in [0.15, 0.2) is 0 Å². The molecule has 0 spiro atoms. The maximum Gasteiger partial charge on any atom is 0.323 e. The molecule has 1 heterocycles. The van der Waals surface area contributed by atoms with E-state index < -0.39 is 31.1 Å². The average molecular weight is 259 g/mol. The molecule has 0 radical (unpaired) electrons. The lowest BCUT2D eigenvalue weighted by Crippen LogP contribution is -2.52. The lowest BCUT2D eigenvalue weighted by atomic mass is 10.1. The molecule has 0 aliphatic carbocycles. The Kier molecular flexibility index (Phi) is 4.90. The van der Waals surface area contributed by atoms with Crippen LogP contribution in [0.1, 0.15) is 12.8 Å². The van der Waals surface area contributed by atoms with Gasteiger partial charge in [-0.2, -0.15) is 0 Å². The van der Waals surface area contributed by atoms with Gasteiger partial charge >= 0.3 is 18.0 Å². The van der Waals surface area contributed by atoms with Crippen molar-refractivity contribution in [1.29, 1.82) is 0 Å². The zero-order valence-electron chi connectivity index (χ0n) is 9.91. The molecular formula is C10H17N3O5. The third kappa shape index (κ3) is 4.21. The van der Waals surface area contributed by atoms with Gasteiger partial charge in [0.25, 0.3) is 0 Å². The quantitative estimate of drug-likeness (QED) is 0.595. The Labute approximate surface area is 104 Å². The molecule has 1 fully saturated rings. The van der Waals surface area contributed by atoms with E-state index in [1.807, 2.05) is 0 Å². The molecule has 18 heavy (non-hydrogen) atoms. The SMILES string of the molecule is NC1CCCN(C(=O)N(CC(=O)O)CC(=O)O)C1. The van der Waals surface area contributed by atoms with Gasteiger partial charge in [-0.1, -0.05) is 0 Å². The van der Waals surface area contributed by atoms with Crippen LogP contribution >= 0.6 is 0 Å². The number of aliphatic carboxylic acids is 2. The summed E-state index contributed by atoms with van der Waals surface area (Å²) in [6.07, 6.45) is 1.54. The van der Waals surface area contributed by atoms with Gasteiger partial charge in [-0.3, -0.25) is 9.59 Å². The summed E-state index contributed by atoms with van der Waals surface area (Å²) in [5, 5.41) is 17.3. The maximum atomic E-state index is 12.0. The van der Waals surface area contributed by atoms with Crippen LogP contribution in [0.25, 0.3) is 0 Å². The molecule has 0 bridgehead atoms. The van der Waals surface area contributed by atoms with Crippen LogP contribution in [0.3, 0.4) is 0 Å². The number of nitrogens with zero attached hydrogens (tertiary/aromatic N) is 2. The normalized spacial score (nSPS) is 19.4. The van der Waals surface area contributed by atoms with Gasteiger partial charge in [0.1, 0.15) is 13.1 Å². The predicted octanol–water partition coefficient (Wildman–Crippen LogP) is -0.999. The summed E-state index contributed by atoms with van der Waals surface area (Å²) >= 11 is 0. The molecule has 1 saturated heterocycles. The largest absolute Gasteiger partial charge is 0.480 e. The van der Waals surface area contributed by atoms with Crippen LogP contribution < -0.4 is 5.73 Å². The van der Waals surface area contributed by atoms with Gasteiger partial charge < -0.3 is 25.7 Å². The number of carbonyl (C=O) groups excluding carboxylic acids is 1. The summed E-state index contributed by atoms with van der Waals surface area (Å²) < 4.78 is 0. The van der Waals surface area contributed by atoms with E-state index in [9.17, 15) is 14.4 Å². The van der Waals surface area contributed by atoms with E-state index in [1.54, 1.807) is 0 Å². The smallest absolute Gasteiger partial charge is 0.323 e. The van der Waals surface area contributed by atoms with Crippen LogP contribution in [0, 0.1) is 0 Å². The minimum absolute atomic E-state index is 0.140. The second-order valence-electron chi connectivity index (χ2n) is 4.27. The van der Waals surface area contributed by atoms with Gasteiger partial charge in [0.05, 0.1) is 0 Å². The summed E-state index contributed by atoms with van der Waals surface area (Å²) in [4.78, 5) is 35.4. The molecule has 2 amide bonds. The minimum Gasteiger partial charge on any atom is -0.480 e. The Morgan fingerprint density at radius 1 is 1.22 bits per heavy atom. The Morgan fingerprint density at radius 3 is 2.22 bits per heavy atom. The van der Waals surface area contributed by atoms with Crippen LogP contribution in [-0.2, 0) is 9.59 Å². The fourth-order valence-corrected chi connectivity index (χ4v) is 1.90. The molecule has 1 aliphatic heterocycles. The number of amides is 2. The Bertz CT molecular complexity index is 330. The number of hydrogen-bond acceptors (Lipinski definition) is 4. The first-order valence-electron chi connectivity index (χ1n) is 5.63. The number of carbonyl (C=O) groups is 3. The van der Waals surface area contributed by atoms with E-state index in [2.05, 4.69) is 0 Å². The summed E-state index contributed by atoms with van der Waals surface area (Å²) in [6.45, 7) is -0.454. The molecule has 0 aromatic rings. The highest BCUT2D eigenvalue weighted by molar-refractivity contribution is 5.84. The van der Waals surface area contributed by atoms with Crippen molar-refractivity contribution in [2.45, 2.75) is 18.9 Å². The van der Waals surface area contributed by atoms with Gasteiger partial charge in [0.2, 0.25) is 0 Å². The minimum atomic E-state index is -1.24. The van der Waals surface area contributed by atoms with E-state index in [0.29, 0.717) is 13.1 Å². The molecule has 1 rings (SSSR count). The highest BCUT2D eigenvalue weighted by Crippen LogP contribution is 2.10. The number of piperidine rings is 1. The van der Waals surface area contributed by atoms with E-state index in [4.69, 9.17) is 15.9 Å². The van der Waals surface area contributed by atoms with Gasteiger partial charge in [-0.15, -0.1) is 0 Å². The first-order valence-corrected chi connectivity index (χ1v) is 5.63. The van der Waals surface area contributed by atoms with E-state index >= 15 is 0 Å². The van der Waals surface area contributed by atoms with Crippen molar-refractivity contribution in [2.24, 2.45) is 5.73 Å². The molecular weight excluding hydrogens is 242 g/mol.